The number of hydrogen-bond donors (Lipinski definition) is 2. The zero-order chi connectivity index (χ0) is 12.0. The lowest BCUT2D eigenvalue weighted by Gasteiger charge is -2.19. The number of aliphatic hydroxyl groups is 1. The maximum absolute atomic E-state index is 11.4. The van der Waals surface area contributed by atoms with Crippen molar-refractivity contribution < 1.29 is 9.90 Å². The highest BCUT2D eigenvalue weighted by atomic mass is 16.3. The molecular formula is C12H18N2O2. The predicted octanol–water partition coefficient (Wildman–Crippen LogP) is 0.540. The number of benzene rings is 1. The van der Waals surface area contributed by atoms with Crippen molar-refractivity contribution in [2.45, 2.75) is 6.92 Å². The van der Waals surface area contributed by atoms with Gasteiger partial charge in [0.15, 0.2) is 0 Å². The Bertz CT molecular complexity index is 353. The second-order valence-electron chi connectivity index (χ2n) is 3.77. The van der Waals surface area contributed by atoms with Gasteiger partial charge in [0.05, 0.1) is 13.2 Å². The van der Waals surface area contributed by atoms with Crippen LogP contribution in [0.4, 0.5) is 5.69 Å². The summed E-state index contributed by atoms with van der Waals surface area (Å²) in [5, 5.41) is 11.2. The van der Waals surface area contributed by atoms with E-state index in [1.54, 1.807) is 0 Å². The van der Waals surface area contributed by atoms with Crippen molar-refractivity contribution >= 4 is 11.6 Å². The maximum atomic E-state index is 11.4. The van der Waals surface area contributed by atoms with E-state index in [1.807, 2.05) is 43.1 Å². The molecule has 0 fully saturated rings. The van der Waals surface area contributed by atoms with Crippen molar-refractivity contribution in [3.05, 3.63) is 29.8 Å². The Labute approximate surface area is 95.9 Å². The molecule has 16 heavy (non-hydrogen) atoms. The third-order valence-electron chi connectivity index (χ3n) is 2.26. The minimum atomic E-state index is -0.0851. The minimum Gasteiger partial charge on any atom is -0.395 e. The summed E-state index contributed by atoms with van der Waals surface area (Å²) in [5.74, 6) is -0.0851. The molecule has 1 rings (SSSR count). The van der Waals surface area contributed by atoms with E-state index < -0.39 is 0 Å². The van der Waals surface area contributed by atoms with Crippen LogP contribution in [0.5, 0.6) is 0 Å². The molecule has 1 aromatic rings. The molecule has 4 nitrogen and oxygen atoms in total. The summed E-state index contributed by atoms with van der Waals surface area (Å²) in [5.41, 5.74) is 2.18. The molecule has 0 aromatic heterocycles. The molecule has 0 saturated heterocycles. The van der Waals surface area contributed by atoms with Crippen LogP contribution in [0, 0.1) is 6.92 Å². The first kappa shape index (κ1) is 12.5. The molecule has 1 aromatic carbocycles. The number of nitrogens with one attached hydrogen (secondary N) is 1. The Balaban J connectivity index is 2.52. The van der Waals surface area contributed by atoms with Gasteiger partial charge < -0.3 is 15.3 Å². The van der Waals surface area contributed by atoms with Crippen LogP contribution in [0.3, 0.4) is 0 Å². The molecule has 0 bridgehead atoms. The number of amides is 1. The average molecular weight is 222 g/mol. The lowest BCUT2D eigenvalue weighted by molar-refractivity contribution is -0.119. The van der Waals surface area contributed by atoms with E-state index in [4.69, 9.17) is 5.11 Å². The zero-order valence-electron chi connectivity index (χ0n) is 9.73. The normalized spacial score (nSPS) is 9.94. The molecule has 0 unspecified atom stereocenters. The summed E-state index contributed by atoms with van der Waals surface area (Å²) in [6.07, 6.45) is 0. The number of anilines is 1. The van der Waals surface area contributed by atoms with Gasteiger partial charge in [0.1, 0.15) is 0 Å². The Morgan fingerprint density at radius 1 is 1.50 bits per heavy atom. The van der Waals surface area contributed by atoms with Gasteiger partial charge in [0.2, 0.25) is 5.91 Å². The number of carbonyl (C=O) groups is 1. The van der Waals surface area contributed by atoms with Crippen LogP contribution in [0.2, 0.25) is 0 Å². The van der Waals surface area contributed by atoms with Gasteiger partial charge in [-0.1, -0.05) is 12.1 Å². The molecule has 0 atom stereocenters. The summed E-state index contributed by atoms with van der Waals surface area (Å²) >= 11 is 0. The minimum absolute atomic E-state index is 0.0279. The molecule has 0 radical (unpaired) electrons. The standard InChI is InChI=1S/C12H18N2O2/c1-10-4-3-5-11(8-10)14(2)9-12(16)13-6-7-15/h3-5,8,15H,6-7,9H2,1-2H3,(H,13,16). The fourth-order valence-corrected chi connectivity index (χ4v) is 1.42. The molecule has 1 amide bonds. The van der Waals surface area contributed by atoms with Gasteiger partial charge in [0, 0.05) is 19.3 Å². The molecular weight excluding hydrogens is 204 g/mol. The quantitative estimate of drug-likeness (QED) is 0.764. The maximum Gasteiger partial charge on any atom is 0.239 e. The first-order chi connectivity index (χ1) is 7.63. The van der Waals surface area contributed by atoms with Crippen LogP contribution in [0.1, 0.15) is 5.56 Å². The van der Waals surface area contributed by atoms with Crippen molar-refractivity contribution in [1.29, 1.82) is 0 Å². The van der Waals surface area contributed by atoms with E-state index in [0.29, 0.717) is 13.1 Å². The van der Waals surface area contributed by atoms with Gasteiger partial charge in [-0.3, -0.25) is 4.79 Å². The van der Waals surface area contributed by atoms with Crippen molar-refractivity contribution in [2.24, 2.45) is 0 Å². The van der Waals surface area contributed by atoms with E-state index in [0.717, 1.165) is 5.69 Å². The van der Waals surface area contributed by atoms with Gasteiger partial charge in [-0.25, -0.2) is 0 Å². The highest BCUT2D eigenvalue weighted by Crippen LogP contribution is 2.13. The second kappa shape index (κ2) is 6.12. The van der Waals surface area contributed by atoms with Gasteiger partial charge in [-0.05, 0) is 24.6 Å². The van der Waals surface area contributed by atoms with Crippen LogP contribution in [-0.4, -0.2) is 37.8 Å². The fourth-order valence-electron chi connectivity index (χ4n) is 1.42. The summed E-state index contributed by atoms with van der Waals surface area (Å²) in [7, 11) is 1.87. The molecule has 0 heterocycles. The number of aliphatic hydroxyl groups excluding tert-OH is 1. The molecule has 0 aliphatic rings. The van der Waals surface area contributed by atoms with Crippen LogP contribution in [0.15, 0.2) is 24.3 Å². The Kier molecular flexibility index (Phi) is 4.79. The van der Waals surface area contributed by atoms with E-state index in [1.165, 1.54) is 5.56 Å². The SMILES string of the molecule is Cc1cccc(N(C)CC(=O)NCCO)c1. The molecule has 0 spiro atoms. The van der Waals surface area contributed by atoms with Gasteiger partial charge in [0.25, 0.3) is 0 Å². The first-order valence-electron chi connectivity index (χ1n) is 5.29. The average Bonchev–Trinajstić information content (AvgIpc) is 2.26. The monoisotopic (exact) mass is 222 g/mol. The summed E-state index contributed by atoms with van der Waals surface area (Å²) in [4.78, 5) is 13.3. The van der Waals surface area contributed by atoms with Crippen molar-refractivity contribution in [3.63, 3.8) is 0 Å². The largest absolute Gasteiger partial charge is 0.395 e. The van der Waals surface area contributed by atoms with Crippen molar-refractivity contribution in [1.82, 2.24) is 5.32 Å². The number of nitrogens with zero attached hydrogens (tertiary/aromatic N) is 1. The second-order valence-corrected chi connectivity index (χ2v) is 3.77. The molecule has 0 aliphatic heterocycles. The van der Waals surface area contributed by atoms with Crippen LogP contribution in [-0.2, 0) is 4.79 Å². The lowest BCUT2D eigenvalue weighted by Crippen LogP contribution is -2.36. The molecule has 0 saturated carbocycles. The molecule has 4 heteroatoms. The van der Waals surface area contributed by atoms with E-state index >= 15 is 0 Å². The predicted molar refractivity (Wildman–Crippen MR) is 64.5 cm³/mol. The Hall–Kier alpha value is -1.55. The van der Waals surface area contributed by atoms with E-state index in [-0.39, 0.29) is 12.5 Å². The topological polar surface area (TPSA) is 52.6 Å². The third kappa shape index (κ3) is 3.90. The number of aryl methyl sites for hydroxylation is 1. The number of likely N-dealkylation sites (N-methyl/N-ethyl adjacent to an activating group) is 1. The first-order valence-corrected chi connectivity index (χ1v) is 5.29. The van der Waals surface area contributed by atoms with Gasteiger partial charge in [-0.15, -0.1) is 0 Å². The van der Waals surface area contributed by atoms with E-state index in [9.17, 15) is 4.79 Å². The van der Waals surface area contributed by atoms with Gasteiger partial charge in [-0.2, -0.15) is 0 Å². The summed E-state index contributed by atoms with van der Waals surface area (Å²) in [6.45, 7) is 2.59. The molecule has 88 valence electrons. The number of carbonyl (C=O) groups excluding carboxylic acids is 1. The summed E-state index contributed by atoms with van der Waals surface area (Å²) in [6, 6.07) is 7.97. The van der Waals surface area contributed by atoms with Gasteiger partial charge >= 0.3 is 0 Å². The smallest absolute Gasteiger partial charge is 0.239 e. The Morgan fingerprint density at radius 2 is 2.25 bits per heavy atom. The number of hydrogen-bond acceptors (Lipinski definition) is 3. The summed E-state index contributed by atoms with van der Waals surface area (Å²) < 4.78 is 0. The lowest BCUT2D eigenvalue weighted by atomic mass is 10.2. The third-order valence-corrected chi connectivity index (χ3v) is 2.26. The Morgan fingerprint density at radius 3 is 2.88 bits per heavy atom. The van der Waals surface area contributed by atoms with Crippen molar-refractivity contribution in [3.8, 4) is 0 Å². The molecule has 0 aliphatic carbocycles. The van der Waals surface area contributed by atoms with Crippen LogP contribution >= 0.6 is 0 Å². The molecule has 2 N–H and O–H groups in total. The highest BCUT2D eigenvalue weighted by molar-refractivity contribution is 5.81. The van der Waals surface area contributed by atoms with E-state index in [2.05, 4.69) is 5.32 Å². The number of rotatable bonds is 5. The fraction of sp³-hybridized carbons (Fsp3) is 0.417. The van der Waals surface area contributed by atoms with Crippen LogP contribution < -0.4 is 10.2 Å². The highest BCUT2D eigenvalue weighted by Gasteiger charge is 2.06. The van der Waals surface area contributed by atoms with Crippen molar-refractivity contribution in [2.75, 3.05) is 31.6 Å². The van der Waals surface area contributed by atoms with Crippen LogP contribution in [0.25, 0.3) is 0 Å². The zero-order valence-corrected chi connectivity index (χ0v) is 9.73.